The maximum atomic E-state index is 12.4. The summed E-state index contributed by atoms with van der Waals surface area (Å²) in [6.07, 6.45) is 3.11. The summed E-state index contributed by atoms with van der Waals surface area (Å²) in [5.74, 6) is 0.977. The Labute approximate surface area is 110 Å². The van der Waals surface area contributed by atoms with Crippen molar-refractivity contribution in [3.05, 3.63) is 0 Å². The second-order valence-corrected chi connectivity index (χ2v) is 5.63. The van der Waals surface area contributed by atoms with Crippen molar-refractivity contribution < 1.29 is 9.53 Å². The van der Waals surface area contributed by atoms with E-state index < -0.39 is 0 Å². The number of hydrogen-bond acceptors (Lipinski definition) is 3. The van der Waals surface area contributed by atoms with E-state index in [-0.39, 0.29) is 5.92 Å². The molecule has 0 aromatic heterocycles. The number of ether oxygens (including phenoxy) is 1. The predicted octanol–water partition coefficient (Wildman–Crippen LogP) is 1.26. The molecule has 0 radical (unpaired) electrons. The number of hydrogen-bond donors (Lipinski definition) is 1. The molecule has 0 aromatic rings. The lowest BCUT2D eigenvalue weighted by Gasteiger charge is -2.39. The molecule has 2 fully saturated rings. The molecule has 2 aliphatic heterocycles. The molecule has 2 rings (SSSR count). The van der Waals surface area contributed by atoms with E-state index in [2.05, 4.69) is 24.1 Å². The molecule has 0 aliphatic carbocycles. The van der Waals surface area contributed by atoms with Crippen LogP contribution in [0.25, 0.3) is 0 Å². The van der Waals surface area contributed by atoms with Crippen molar-refractivity contribution in [1.82, 2.24) is 10.2 Å². The van der Waals surface area contributed by atoms with Gasteiger partial charge in [0.2, 0.25) is 5.91 Å². The number of likely N-dealkylation sites (tertiary alicyclic amines) is 1. The molecule has 1 N–H and O–H groups in total. The smallest absolute Gasteiger partial charge is 0.228 e. The summed E-state index contributed by atoms with van der Waals surface area (Å²) < 4.78 is 5.42. The number of nitrogens with zero attached hydrogens (tertiary/aromatic N) is 1. The van der Waals surface area contributed by atoms with Gasteiger partial charge in [0.25, 0.3) is 0 Å². The minimum atomic E-state index is 0.113. The third-order valence-corrected chi connectivity index (χ3v) is 4.19. The number of carbonyl (C=O) groups is 1. The number of nitrogens with one attached hydrogen (secondary N) is 1. The Hall–Kier alpha value is -0.610. The van der Waals surface area contributed by atoms with E-state index >= 15 is 0 Å². The summed E-state index contributed by atoms with van der Waals surface area (Å²) in [7, 11) is 0. The Kier molecular flexibility index (Phi) is 5.01. The molecule has 4 heteroatoms. The number of amides is 1. The van der Waals surface area contributed by atoms with Gasteiger partial charge in [-0.15, -0.1) is 0 Å². The molecule has 1 amide bonds. The molecule has 0 aromatic carbocycles. The SMILES string of the molecule is CCNC1CCN(C(=O)C2CCCOC2)CC1C. The van der Waals surface area contributed by atoms with Gasteiger partial charge in [0.15, 0.2) is 0 Å². The highest BCUT2D eigenvalue weighted by molar-refractivity contribution is 5.79. The van der Waals surface area contributed by atoms with Gasteiger partial charge in [0.05, 0.1) is 12.5 Å². The van der Waals surface area contributed by atoms with Crippen molar-refractivity contribution >= 4 is 5.91 Å². The monoisotopic (exact) mass is 254 g/mol. The topological polar surface area (TPSA) is 41.6 Å². The van der Waals surface area contributed by atoms with Gasteiger partial charge in [-0.05, 0) is 31.7 Å². The van der Waals surface area contributed by atoms with Crippen LogP contribution in [0, 0.1) is 11.8 Å². The highest BCUT2D eigenvalue weighted by atomic mass is 16.5. The Balaban J connectivity index is 1.85. The van der Waals surface area contributed by atoms with Crippen LogP contribution >= 0.6 is 0 Å². The van der Waals surface area contributed by atoms with Gasteiger partial charge in [0, 0.05) is 25.7 Å². The minimum Gasteiger partial charge on any atom is -0.381 e. The van der Waals surface area contributed by atoms with Crippen molar-refractivity contribution in [1.29, 1.82) is 0 Å². The second kappa shape index (κ2) is 6.53. The lowest BCUT2D eigenvalue weighted by atomic mass is 9.92. The molecular formula is C14H26N2O2. The highest BCUT2D eigenvalue weighted by Gasteiger charge is 2.32. The van der Waals surface area contributed by atoms with E-state index in [1.54, 1.807) is 0 Å². The Bertz CT molecular complexity index is 277. The molecule has 0 bridgehead atoms. The molecule has 2 aliphatic rings. The normalized spacial score (nSPS) is 33.4. The van der Waals surface area contributed by atoms with Crippen LogP contribution in [-0.4, -0.2) is 49.7 Å². The van der Waals surface area contributed by atoms with Crippen LogP contribution in [0.2, 0.25) is 0 Å². The van der Waals surface area contributed by atoms with E-state index in [1.165, 1.54) is 0 Å². The molecule has 3 atom stereocenters. The first-order valence-electron chi connectivity index (χ1n) is 7.32. The summed E-state index contributed by atoms with van der Waals surface area (Å²) in [6, 6.07) is 0.571. The van der Waals surface area contributed by atoms with Gasteiger partial charge >= 0.3 is 0 Å². The first kappa shape index (κ1) is 13.8. The highest BCUT2D eigenvalue weighted by Crippen LogP contribution is 2.22. The van der Waals surface area contributed by atoms with E-state index in [9.17, 15) is 4.79 Å². The van der Waals surface area contributed by atoms with E-state index in [0.29, 0.717) is 24.5 Å². The lowest BCUT2D eigenvalue weighted by molar-refractivity contribution is -0.141. The quantitative estimate of drug-likeness (QED) is 0.824. The maximum Gasteiger partial charge on any atom is 0.228 e. The fraction of sp³-hybridized carbons (Fsp3) is 0.929. The van der Waals surface area contributed by atoms with Crippen molar-refractivity contribution in [2.24, 2.45) is 11.8 Å². The molecule has 3 unspecified atom stereocenters. The molecule has 104 valence electrons. The average molecular weight is 254 g/mol. The standard InChI is InChI=1S/C14H26N2O2/c1-3-15-13-6-7-16(9-11(13)2)14(17)12-5-4-8-18-10-12/h11-13,15H,3-10H2,1-2H3. The summed E-state index contributed by atoms with van der Waals surface area (Å²) in [5.41, 5.74) is 0. The van der Waals surface area contributed by atoms with Crippen LogP contribution < -0.4 is 5.32 Å². The predicted molar refractivity (Wildman–Crippen MR) is 71.4 cm³/mol. The molecule has 4 nitrogen and oxygen atoms in total. The summed E-state index contributed by atoms with van der Waals surface area (Å²) in [5, 5.41) is 3.51. The summed E-state index contributed by atoms with van der Waals surface area (Å²) in [6.45, 7) is 8.64. The van der Waals surface area contributed by atoms with Gasteiger partial charge < -0.3 is 15.0 Å². The fourth-order valence-corrected chi connectivity index (χ4v) is 3.10. The van der Waals surface area contributed by atoms with Crippen LogP contribution in [0.3, 0.4) is 0 Å². The van der Waals surface area contributed by atoms with Crippen molar-refractivity contribution in [3.63, 3.8) is 0 Å². The van der Waals surface area contributed by atoms with E-state index in [0.717, 1.165) is 45.5 Å². The average Bonchev–Trinajstić information content (AvgIpc) is 2.41. The van der Waals surface area contributed by atoms with Crippen LogP contribution in [-0.2, 0) is 9.53 Å². The third-order valence-electron chi connectivity index (χ3n) is 4.19. The molecule has 2 saturated heterocycles. The van der Waals surface area contributed by atoms with Crippen LogP contribution in [0.4, 0.5) is 0 Å². The molecular weight excluding hydrogens is 228 g/mol. The fourth-order valence-electron chi connectivity index (χ4n) is 3.10. The van der Waals surface area contributed by atoms with Crippen molar-refractivity contribution in [2.75, 3.05) is 32.8 Å². The first-order valence-corrected chi connectivity index (χ1v) is 7.32. The van der Waals surface area contributed by atoms with Crippen molar-refractivity contribution in [3.8, 4) is 0 Å². The summed E-state index contributed by atoms with van der Waals surface area (Å²) >= 11 is 0. The molecule has 0 spiro atoms. The largest absolute Gasteiger partial charge is 0.381 e. The third kappa shape index (κ3) is 3.23. The maximum absolute atomic E-state index is 12.4. The zero-order valence-electron chi connectivity index (χ0n) is 11.7. The van der Waals surface area contributed by atoms with E-state index in [4.69, 9.17) is 4.74 Å². The van der Waals surface area contributed by atoms with Crippen LogP contribution in [0.15, 0.2) is 0 Å². The zero-order valence-corrected chi connectivity index (χ0v) is 11.7. The second-order valence-electron chi connectivity index (χ2n) is 5.63. The number of piperidine rings is 1. The van der Waals surface area contributed by atoms with Gasteiger partial charge in [-0.1, -0.05) is 13.8 Å². The van der Waals surface area contributed by atoms with Gasteiger partial charge in [0.1, 0.15) is 0 Å². The lowest BCUT2D eigenvalue weighted by Crippen LogP contribution is -2.52. The Morgan fingerprint density at radius 3 is 2.89 bits per heavy atom. The van der Waals surface area contributed by atoms with E-state index in [1.807, 2.05) is 0 Å². The van der Waals surface area contributed by atoms with Crippen LogP contribution in [0.5, 0.6) is 0 Å². The van der Waals surface area contributed by atoms with Gasteiger partial charge in [-0.2, -0.15) is 0 Å². The van der Waals surface area contributed by atoms with Gasteiger partial charge in [-0.25, -0.2) is 0 Å². The van der Waals surface area contributed by atoms with Crippen molar-refractivity contribution in [2.45, 2.75) is 39.2 Å². The Morgan fingerprint density at radius 1 is 1.44 bits per heavy atom. The molecule has 2 heterocycles. The number of rotatable bonds is 3. The zero-order chi connectivity index (χ0) is 13.0. The van der Waals surface area contributed by atoms with Gasteiger partial charge in [-0.3, -0.25) is 4.79 Å². The summed E-state index contributed by atoms with van der Waals surface area (Å²) in [4.78, 5) is 14.4. The Morgan fingerprint density at radius 2 is 2.28 bits per heavy atom. The minimum absolute atomic E-state index is 0.113. The first-order chi connectivity index (χ1) is 8.72. The number of carbonyl (C=O) groups excluding carboxylic acids is 1. The molecule has 18 heavy (non-hydrogen) atoms. The van der Waals surface area contributed by atoms with Crippen LogP contribution in [0.1, 0.15) is 33.1 Å². The molecule has 0 saturated carbocycles.